The zero-order chi connectivity index (χ0) is 25.5. The van der Waals surface area contributed by atoms with Gasteiger partial charge in [0.15, 0.2) is 11.9 Å². The van der Waals surface area contributed by atoms with Crippen LogP contribution in [-0.2, 0) is 31.6 Å². The highest BCUT2D eigenvalue weighted by atomic mass is 32.1. The molecule has 0 aliphatic carbocycles. The second kappa shape index (κ2) is 9.46. The van der Waals surface area contributed by atoms with Gasteiger partial charge in [-0.15, -0.1) is 11.3 Å². The molecule has 18 nitrogen and oxygen atoms in total. The normalized spacial score (nSPS) is 28.8. The van der Waals surface area contributed by atoms with Crippen LogP contribution in [0.4, 0.5) is 10.2 Å². The summed E-state index contributed by atoms with van der Waals surface area (Å²) in [7, 11) is -17.2. The number of rotatable bonds is 9. The fraction of sp³-hybridized carbons (Fsp3) is 0.455. The topological polar surface area (TPSA) is 290 Å². The minimum Gasteiger partial charge on any atom is -0.387 e. The van der Waals surface area contributed by atoms with Crippen molar-refractivity contribution in [1.82, 2.24) is 9.97 Å². The van der Waals surface area contributed by atoms with Gasteiger partial charge in [-0.1, -0.05) is 5.11 Å². The van der Waals surface area contributed by atoms with E-state index < -0.39 is 54.2 Å². The van der Waals surface area contributed by atoms with Crippen LogP contribution in [-0.4, -0.2) is 59.3 Å². The van der Waals surface area contributed by atoms with E-state index in [0.29, 0.717) is 4.70 Å². The highest BCUT2D eigenvalue weighted by Gasteiger charge is 2.57. The number of halogens is 1. The van der Waals surface area contributed by atoms with E-state index in [2.05, 4.69) is 33.1 Å². The minimum absolute atomic E-state index is 0.0639. The average molecular weight is 566 g/mol. The maximum Gasteiger partial charge on any atom is 0.490 e. The van der Waals surface area contributed by atoms with Crippen LogP contribution in [0, 0.1) is 0 Å². The molecule has 0 aromatic carbocycles. The Morgan fingerprint density at radius 3 is 2.56 bits per heavy atom. The number of anilines is 1. The number of hydrogen-bond acceptors (Lipinski definition) is 13. The summed E-state index contributed by atoms with van der Waals surface area (Å²) in [6.45, 7) is -1.42. The molecule has 34 heavy (non-hydrogen) atoms. The van der Waals surface area contributed by atoms with Crippen molar-refractivity contribution >= 4 is 50.8 Å². The monoisotopic (exact) mass is 566 g/mol. The molecule has 0 bridgehead atoms. The Bertz CT molecular complexity index is 1290. The summed E-state index contributed by atoms with van der Waals surface area (Å²) >= 11 is 1.02. The molecule has 188 valence electrons. The number of phosphoric ester groups is 1. The molecular weight excluding hydrogens is 552 g/mol. The second-order valence-electron chi connectivity index (χ2n) is 6.45. The number of nitrogens with zero attached hydrogens (tertiary/aromatic N) is 5. The van der Waals surface area contributed by atoms with Crippen LogP contribution < -0.4 is 5.73 Å². The van der Waals surface area contributed by atoms with Gasteiger partial charge in [-0.25, -0.2) is 28.1 Å². The number of hydrogen-bond donors (Lipinski definition) is 6. The van der Waals surface area contributed by atoms with Crippen LogP contribution >= 0.6 is 34.8 Å². The highest BCUT2D eigenvalue weighted by molar-refractivity contribution is 7.66. The molecule has 0 saturated carbocycles. The van der Waals surface area contributed by atoms with Gasteiger partial charge in [-0.05, 0) is 10.9 Å². The van der Waals surface area contributed by atoms with Crippen molar-refractivity contribution in [3.05, 3.63) is 27.7 Å². The third-order valence-corrected chi connectivity index (χ3v) is 8.96. The van der Waals surface area contributed by atoms with Crippen molar-refractivity contribution in [3.63, 3.8) is 0 Å². The molecule has 6 atom stereocenters. The summed E-state index contributed by atoms with van der Waals surface area (Å²) in [6.07, 6.45) is -5.16. The van der Waals surface area contributed by atoms with E-state index in [1.54, 1.807) is 0 Å². The predicted octanol–water partition coefficient (Wildman–Crippen LogP) is 1.39. The molecule has 23 heteroatoms. The summed E-state index contributed by atoms with van der Waals surface area (Å²) in [4.78, 5) is 46.0. The lowest BCUT2D eigenvalue weighted by atomic mass is 10.0. The Morgan fingerprint density at radius 1 is 1.26 bits per heavy atom. The standard InChI is InChI=1S/C11H14FN6O12P3S/c12-5-7(4-1-34-8-6(4)15-3-16-10(8)13)28-11(9(5)19,17-18-14)2-27-32(23,24)30-33(25,26)29-31(20,21)22/h1,3,5,7,9,19H,2H2,(H,23,24)(H,25,26)(H2,13,15,16)(H2,20,21,22)/t5-,7-,9-,11?/m0/s1. The van der Waals surface area contributed by atoms with Crippen molar-refractivity contribution in [2.24, 2.45) is 5.11 Å². The first-order chi connectivity index (χ1) is 15.6. The summed E-state index contributed by atoms with van der Waals surface area (Å²) < 4.78 is 66.3. The van der Waals surface area contributed by atoms with Crippen molar-refractivity contribution in [1.29, 1.82) is 0 Å². The highest BCUT2D eigenvalue weighted by Crippen LogP contribution is 2.66. The third kappa shape index (κ3) is 5.79. The molecule has 2 aromatic rings. The fourth-order valence-corrected chi connectivity index (χ4v) is 6.87. The van der Waals surface area contributed by atoms with E-state index in [-0.39, 0.29) is 16.9 Å². The van der Waals surface area contributed by atoms with Crippen molar-refractivity contribution in [3.8, 4) is 0 Å². The van der Waals surface area contributed by atoms with Crippen LogP contribution in [0.25, 0.3) is 20.7 Å². The van der Waals surface area contributed by atoms with E-state index in [0.717, 1.165) is 17.7 Å². The third-order valence-electron chi connectivity index (χ3n) is 4.16. The predicted molar refractivity (Wildman–Crippen MR) is 108 cm³/mol. The van der Waals surface area contributed by atoms with Gasteiger partial charge < -0.3 is 35.2 Å². The number of thiophene rings is 1. The number of phosphoric acid groups is 3. The zero-order valence-corrected chi connectivity index (χ0v) is 19.6. The summed E-state index contributed by atoms with van der Waals surface area (Å²) in [5.74, 6) is 0.0733. The first kappa shape index (κ1) is 27.0. The number of nitrogen functional groups attached to an aromatic ring is 1. The maximum absolute atomic E-state index is 15.0. The largest absolute Gasteiger partial charge is 0.490 e. The lowest BCUT2D eigenvalue weighted by Crippen LogP contribution is -2.44. The Kier molecular flexibility index (Phi) is 7.51. The summed E-state index contributed by atoms with van der Waals surface area (Å²) in [6, 6.07) is 0. The van der Waals surface area contributed by atoms with Crippen molar-refractivity contribution in [2.45, 2.75) is 24.1 Å². The van der Waals surface area contributed by atoms with Gasteiger partial charge in [-0.3, -0.25) is 4.52 Å². The number of nitrogens with two attached hydrogens (primary N) is 1. The van der Waals surface area contributed by atoms with Crippen molar-refractivity contribution in [2.75, 3.05) is 12.3 Å². The summed E-state index contributed by atoms with van der Waals surface area (Å²) in [5.41, 5.74) is 12.1. The van der Waals surface area contributed by atoms with E-state index in [1.165, 1.54) is 5.38 Å². The molecular formula is C11H14FN6O12P3S. The van der Waals surface area contributed by atoms with Crippen molar-refractivity contribution < 1.29 is 60.6 Å². The van der Waals surface area contributed by atoms with E-state index >= 15 is 4.39 Å². The lowest BCUT2D eigenvalue weighted by Gasteiger charge is -2.27. The molecule has 7 N–H and O–H groups in total. The fourth-order valence-electron chi connectivity index (χ4n) is 2.88. The van der Waals surface area contributed by atoms with E-state index in [1.807, 2.05) is 0 Å². The number of azide groups is 1. The molecule has 0 radical (unpaired) electrons. The Balaban J connectivity index is 1.86. The smallest absolute Gasteiger partial charge is 0.387 e. The van der Waals surface area contributed by atoms with Gasteiger partial charge in [-0.2, -0.15) is 8.62 Å². The van der Waals surface area contributed by atoms with E-state index in [9.17, 15) is 28.6 Å². The first-order valence-electron chi connectivity index (χ1n) is 8.42. The number of aromatic nitrogens is 2. The number of aliphatic hydroxyl groups is 1. The second-order valence-corrected chi connectivity index (χ2v) is 11.8. The Morgan fingerprint density at radius 2 is 1.94 bits per heavy atom. The molecule has 3 unspecified atom stereocenters. The van der Waals surface area contributed by atoms with Crippen LogP contribution in [0.2, 0.25) is 0 Å². The molecule has 1 fully saturated rings. The zero-order valence-electron chi connectivity index (χ0n) is 16.1. The quantitative estimate of drug-likeness (QED) is 0.108. The Hall–Kier alpha value is -1.59. The number of aliphatic hydroxyl groups excluding tert-OH is 1. The van der Waals surface area contributed by atoms with Gasteiger partial charge in [0.05, 0.1) is 16.8 Å². The number of ether oxygens (including phenoxy) is 1. The SMILES string of the molecule is [N-]=[N+]=NC1(COP(=O)(O)OP(=O)(O)OP(=O)(O)O)O[C@@H](c2csc3c(N)ncnc23)[C@H](F)[C@@H]1O. The first-order valence-corrected chi connectivity index (χ1v) is 13.8. The van der Waals surface area contributed by atoms with Crippen LogP contribution in [0.3, 0.4) is 0 Å². The van der Waals surface area contributed by atoms with Crippen LogP contribution in [0.5, 0.6) is 0 Å². The molecule has 2 aromatic heterocycles. The average Bonchev–Trinajstić information content (AvgIpc) is 3.20. The number of alkyl halides is 1. The van der Waals surface area contributed by atoms with E-state index in [4.69, 9.17) is 25.8 Å². The van der Waals surface area contributed by atoms with Crippen LogP contribution in [0.15, 0.2) is 16.8 Å². The molecule has 0 amide bonds. The van der Waals surface area contributed by atoms with Gasteiger partial charge >= 0.3 is 23.5 Å². The molecule has 1 aliphatic heterocycles. The van der Waals surface area contributed by atoms with Gasteiger partial charge in [0.2, 0.25) is 0 Å². The van der Waals surface area contributed by atoms with Gasteiger partial charge in [0.1, 0.15) is 24.4 Å². The minimum atomic E-state index is -5.85. The maximum atomic E-state index is 15.0. The van der Waals surface area contributed by atoms with Crippen LogP contribution in [0.1, 0.15) is 11.7 Å². The molecule has 1 aliphatic rings. The molecule has 0 spiro atoms. The summed E-state index contributed by atoms with van der Waals surface area (Å²) in [5, 5.41) is 14.9. The molecule has 3 rings (SSSR count). The molecule has 1 saturated heterocycles. The Labute approximate surface area is 191 Å². The van der Waals surface area contributed by atoms with Gasteiger partial charge in [0, 0.05) is 10.5 Å². The number of fused-ring (bicyclic) bond motifs is 1. The van der Waals surface area contributed by atoms with Gasteiger partial charge in [0.25, 0.3) is 0 Å². The lowest BCUT2D eigenvalue weighted by molar-refractivity contribution is -0.105. The molecule has 3 heterocycles.